The van der Waals surface area contributed by atoms with Crippen molar-refractivity contribution in [2.45, 2.75) is 65.7 Å². The number of allylic oxidation sites excluding steroid dienone is 2. The van der Waals surface area contributed by atoms with Crippen LogP contribution in [0.4, 0.5) is 0 Å². The molecule has 0 saturated heterocycles. The summed E-state index contributed by atoms with van der Waals surface area (Å²) in [5, 5.41) is 0. The summed E-state index contributed by atoms with van der Waals surface area (Å²) in [6, 6.07) is 0. The molecule has 0 aromatic rings. The average molecular weight is 417 g/mol. The van der Waals surface area contributed by atoms with Gasteiger partial charge in [0.1, 0.15) is 0 Å². The molecule has 0 heterocycles. The molecule has 0 N–H and O–H groups in total. The Kier molecular flexibility index (Phi) is 3.32. The van der Waals surface area contributed by atoms with Crippen molar-refractivity contribution in [3.63, 3.8) is 0 Å². The third kappa shape index (κ3) is 1.90. The molecule has 0 aromatic carbocycles. The molecule has 8 bridgehead atoms. The first-order valence-corrected chi connectivity index (χ1v) is 14.8. The molecule has 31 heavy (non-hydrogen) atoms. The van der Waals surface area contributed by atoms with Crippen molar-refractivity contribution in [3.05, 3.63) is 12.2 Å². The zero-order valence-electron chi connectivity index (χ0n) is 20.1. The highest BCUT2D eigenvalue weighted by atomic mass is 14.8. The van der Waals surface area contributed by atoms with Crippen LogP contribution in [0.1, 0.15) is 65.7 Å². The second-order valence-electron chi connectivity index (χ2n) is 15.0. The van der Waals surface area contributed by atoms with Crippen LogP contribution in [-0.4, -0.2) is 0 Å². The summed E-state index contributed by atoms with van der Waals surface area (Å²) >= 11 is 0. The first kappa shape index (κ1) is 18.1. The zero-order chi connectivity index (χ0) is 20.3. The van der Waals surface area contributed by atoms with Crippen molar-refractivity contribution in [2.24, 2.45) is 112 Å². The fourth-order valence-electron chi connectivity index (χ4n) is 14.7. The highest BCUT2D eigenvalue weighted by molar-refractivity contribution is 5.23. The van der Waals surface area contributed by atoms with E-state index >= 15 is 0 Å². The van der Waals surface area contributed by atoms with Gasteiger partial charge < -0.3 is 0 Å². The Morgan fingerprint density at radius 3 is 1.94 bits per heavy atom. The summed E-state index contributed by atoms with van der Waals surface area (Å²) in [5.74, 6) is 21.0. The van der Waals surface area contributed by atoms with E-state index in [1.807, 2.05) is 0 Å². The summed E-state index contributed by atoms with van der Waals surface area (Å²) < 4.78 is 0. The molecular formula is C31H44. The molecule has 9 aliphatic carbocycles. The molecule has 0 spiro atoms. The Labute approximate surface area is 190 Å². The fraction of sp³-hybridized carbons (Fsp3) is 0.935. The van der Waals surface area contributed by atoms with Crippen molar-refractivity contribution in [2.75, 3.05) is 0 Å². The molecule has 0 nitrogen and oxygen atoms in total. The lowest BCUT2D eigenvalue weighted by Crippen LogP contribution is -2.40. The average Bonchev–Trinajstić information content (AvgIpc) is 3.56. The molecule has 19 atom stereocenters. The molecule has 19 unspecified atom stereocenters. The zero-order valence-corrected chi connectivity index (χ0v) is 20.1. The van der Waals surface area contributed by atoms with Gasteiger partial charge in [0.25, 0.3) is 0 Å². The van der Waals surface area contributed by atoms with Gasteiger partial charge in [0, 0.05) is 0 Å². The third-order valence-electron chi connectivity index (χ3n) is 15.1. The van der Waals surface area contributed by atoms with E-state index in [0.717, 1.165) is 112 Å². The maximum atomic E-state index is 2.81. The van der Waals surface area contributed by atoms with Gasteiger partial charge in [0.2, 0.25) is 0 Å². The van der Waals surface area contributed by atoms with E-state index in [0.29, 0.717) is 0 Å². The van der Waals surface area contributed by atoms with Gasteiger partial charge in [-0.3, -0.25) is 0 Å². The third-order valence-corrected chi connectivity index (χ3v) is 15.1. The van der Waals surface area contributed by atoms with Gasteiger partial charge >= 0.3 is 0 Å². The minimum Gasteiger partial charge on any atom is -0.0848 e. The minimum absolute atomic E-state index is 0.995. The van der Waals surface area contributed by atoms with Crippen LogP contribution in [0, 0.1) is 112 Å². The van der Waals surface area contributed by atoms with E-state index in [1.54, 1.807) is 44.9 Å². The summed E-state index contributed by atoms with van der Waals surface area (Å²) in [5.41, 5.74) is 0. The molecule has 8 fully saturated rings. The lowest BCUT2D eigenvalue weighted by Gasteiger charge is -2.45. The van der Waals surface area contributed by atoms with Crippen molar-refractivity contribution in [1.82, 2.24) is 0 Å². The lowest BCUT2D eigenvalue weighted by molar-refractivity contribution is 0.0278. The van der Waals surface area contributed by atoms with Gasteiger partial charge in [0.05, 0.1) is 0 Å². The van der Waals surface area contributed by atoms with Crippen LogP contribution in [0.2, 0.25) is 0 Å². The Hall–Kier alpha value is -0.260. The van der Waals surface area contributed by atoms with Gasteiger partial charge in [0.15, 0.2) is 0 Å². The van der Waals surface area contributed by atoms with Gasteiger partial charge in [-0.1, -0.05) is 39.3 Å². The fourth-order valence-corrected chi connectivity index (χ4v) is 14.7. The van der Waals surface area contributed by atoms with Gasteiger partial charge in [-0.2, -0.15) is 0 Å². The first-order chi connectivity index (χ1) is 15.1. The second kappa shape index (κ2) is 5.68. The first-order valence-electron chi connectivity index (χ1n) is 14.8. The van der Waals surface area contributed by atoms with Gasteiger partial charge in [-0.15, -0.1) is 0 Å². The van der Waals surface area contributed by atoms with Crippen LogP contribution >= 0.6 is 0 Å². The Morgan fingerprint density at radius 2 is 1.10 bits per heavy atom. The van der Waals surface area contributed by atoms with E-state index in [1.165, 1.54) is 0 Å². The van der Waals surface area contributed by atoms with Crippen LogP contribution in [0.25, 0.3) is 0 Å². The lowest BCUT2D eigenvalue weighted by atomic mass is 9.60. The molecule has 9 rings (SSSR count). The van der Waals surface area contributed by atoms with Gasteiger partial charge in [-0.05, 0) is 151 Å². The van der Waals surface area contributed by atoms with E-state index < -0.39 is 0 Å². The number of hydrogen-bond donors (Lipinski definition) is 0. The van der Waals surface area contributed by atoms with Crippen molar-refractivity contribution in [1.29, 1.82) is 0 Å². The van der Waals surface area contributed by atoms with Crippen LogP contribution in [0.15, 0.2) is 12.2 Å². The Morgan fingerprint density at radius 1 is 0.452 bits per heavy atom. The number of hydrogen-bond acceptors (Lipinski definition) is 0. The van der Waals surface area contributed by atoms with Crippen molar-refractivity contribution in [3.8, 4) is 0 Å². The van der Waals surface area contributed by atoms with Crippen molar-refractivity contribution >= 4 is 0 Å². The van der Waals surface area contributed by atoms with Crippen LogP contribution in [0.5, 0.6) is 0 Å². The molecule has 9 aliphatic rings. The summed E-state index contributed by atoms with van der Waals surface area (Å²) in [6.07, 6.45) is 16.6. The topological polar surface area (TPSA) is 0 Å². The van der Waals surface area contributed by atoms with Crippen LogP contribution < -0.4 is 0 Å². The Bertz CT molecular complexity index is 839. The van der Waals surface area contributed by atoms with E-state index in [2.05, 4.69) is 32.9 Å². The normalized spacial score (nSPS) is 72.9. The molecule has 0 radical (unpaired) electrons. The largest absolute Gasteiger partial charge is 0.0848 e. The maximum Gasteiger partial charge on any atom is -0.0194 e. The highest BCUT2D eigenvalue weighted by Crippen LogP contribution is 2.77. The standard InChI is InChI=1S/C31H44/c1-13-4-5-18-9-19(13)29-25-11-21(14(2)26(18)29)30-23-10-20(15(3)27(25)30)31-24(23)12-22-16-6-7-17(8-16)28(22)31/h6-7,13-31H,4-5,8-12H2,1-3H3. The van der Waals surface area contributed by atoms with E-state index in [9.17, 15) is 0 Å². The van der Waals surface area contributed by atoms with Gasteiger partial charge in [-0.25, -0.2) is 0 Å². The molecule has 0 aliphatic heterocycles. The van der Waals surface area contributed by atoms with E-state index in [4.69, 9.17) is 0 Å². The molecule has 0 aromatic heterocycles. The van der Waals surface area contributed by atoms with Crippen LogP contribution in [-0.2, 0) is 0 Å². The minimum atomic E-state index is 0.995. The molecule has 168 valence electrons. The Balaban J connectivity index is 1.13. The monoisotopic (exact) mass is 416 g/mol. The molecule has 0 heteroatoms. The summed E-state index contributed by atoms with van der Waals surface area (Å²) in [7, 11) is 0. The highest BCUT2D eigenvalue weighted by Gasteiger charge is 2.71. The number of fused-ring (bicyclic) bond motifs is 23. The maximum absolute atomic E-state index is 2.81. The van der Waals surface area contributed by atoms with Crippen LogP contribution in [0.3, 0.4) is 0 Å². The second-order valence-corrected chi connectivity index (χ2v) is 15.0. The molecule has 0 amide bonds. The smallest absolute Gasteiger partial charge is 0.0194 e. The summed E-state index contributed by atoms with van der Waals surface area (Å²) in [6.45, 7) is 8.23. The predicted molar refractivity (Wildman–Crippen MR) is 125 cm³/mol. The van der Waals surface area contributed by atoms with E-state index in [-0.39, 0.29) is 0 Å². The predicted octanol–water partition coefficient (Wildman–Crippen LogP) is 7.16. The SMILES string of the molecule is CC1CCC2CC1C1C3CC(C(C)C21)C1C2CC(C(C)C31)C1C2CC2C3C=CC(C3)C21. The van der Waals surface area contributed by atoms with Crippen molar-refractivity contribution < 1.29 is 0 Å². The summed E-state index contributed by atoms with van der Waals surface area (Å²) in [4.78, 5) is 0. The molecular weight excluding hydrogens is 372 g/mol. The number of rotatable bonds is 0. The quantitative estimate of drug-likeness (QED) is 0.367. The molecule has 8 saturated carbocycles.